The van der Waals surface area contributed by atoms with Gasteiger partial charge in [0.05, 0.1) is 29.2 Å². The average Bonchev–Trinajstić information content (AvgIpc) is 2.95. The number of anilines is 1. The van der Waals surface area contributed by atoms with Crippen molar-refractivity contribution in [2.24, 2.45) is 0 Å². The van der Waals surface area contributed by atoms with Crippen molar-refractivity contribution < 1.29 is 4.79 Å². The van der Waals surface area contributed by atoms with Gasteiger partial charge < -0.3 is 10.2 Å². The van der Waals surface area contributed by atoms with Gasteiger partial charge in [0.25, 0.3) is 0 Å². The lowest BCUT2D eigenvalue weighted by Crippen LogP contribution is -2.30. The molecule has 1 N–H and O–H groups in total. The number of amides is 1. The molecule has 2 aromatic heterocycles. The van der Waals surface area contributed by atoms with E-state index in [-0.39, 0.29) is 18.0 Å². The number of carbonyl (C=O) groups excluding carboxylic acids is 1. The third-order valence-corrected chi connectivity index (χ3v) is 4.78. The Morgan fingerprint density at radius 3 is 2.88 bits per heavy atom. The van der Waals surface area contributed by atoms with Crippen molar-refractivity contribution in [1.82, 2.24) is 14.9 Å². The molecule has 1 amide bonds. The fraction of sp³-hybridized carbons (Fsp3) is 0.200. The number of likely N-dealkylation sites (tertiary alicyclic amines) is 1. The number of hydrogen-bond acceptors (Lipinski definition) is 5. The average molecular weight is 343 g/mol. The Hall–Kier alpha value is -3.46. The SMILES string of the molecule is CN1C(=O)C[C@@H](Nc2cc(C#N)c3ccccc3n2)[C@@H]1c1cccnc1. The van der Waals surface area contributed by atoms with Crippen molar-refractivity contribution in [2.75, 3.05) is 12.4 Å². The Balaban J connectivity index is 1.71. The number of rotatable bonds is 3. The Kier molecular flexibility index (Phi) is 3.98. The summed E-state index contributed by atoms with van der Waals surface area (Å²) >= 11 is 0. The predicted octanol–water partition coefficient (Wildman–Crippen LogP) is 2.89. The van der Waals surface area contributed by atoms with Crippen LogP contribution >= 0.6 is 0 Å². The van der Waals surface area contributed by atoms with E-state index in [9.17, 15) is 10.1 Å². The van der Waals surface area contributed by atoms with Gasteiger partial charge in [-0.2, -0.15) is 5.26 Å². The number of nitrogens with one attached hydrogen (secondary N) is 1. The normalized spacial score (nSPS) is 19.5. The summed E-state index contributed by atoms with van der Waals surface area (Å²) in [5.41, 5.74) is 2.29. The van der Waals surface area contributed by atoms with Gasteiger partial charge in [-0.15, -0.1) is 0 Å². The summed E-state index contributed by atoms with van der Waals surface area (Å²) in [6.45, 7) is 0. The van der Waals surface area contributed by atoms with E-state index >= 15 is 0 Å². The molecule has 6 heteroatoms. The first-order valence-electron chi connectivity index (χ1n) is 8.39. The van der Waals surface area contributed by atoms with Crippen molar-refractivity contribution in [1.29, 1.82) is 5.26 Å². The van der Waals surface area contributed by atoms with E-state index in [1.54, 1.807) is 30.4 Å². The summed E-state index contributed by atoms with van der Waals surface area (Å²) in [4.78, 5) is 22.8. The van der Waals surface area contributed by atoms with Gasteiger partial charge in [-0.25, -0.2) is 4.98 Å². The molecule has 3 heterocycles. The molecular weight excluding hydrogens is 326 g/mol. The van der Waals surface area contributed by atoms with Gasteiger partial charge >= 0.3 is 0 Å². The molecule has 3 aromatic rings. The molecule has 0 radical (unpaired) electrons. The molecule has 4 rings (SSSR count). The maximum absolute atomic E-state index is 12.3. The topological polar surface area (TPSA) is 81.9 Å². The minimum Gasteiger partial charge on any atom is -0.364 e. The van der Waals surface area contributed by atoms with Crippen molar-refractivity contribution in [2.45, 2.75) is 18.5 Å². The summed E-state index contributed by atoms with van der Waals surface area (Å²) < 4.78 is 0. The highest BCUT2D eigenvalue weighted by Crippen LogP contribution is 2.33. The molecule has 0 aliphatic carbocycles. The van der Waals surface area contributed by atoms with Gasteiger partial charge in [0.2, 0.25) is 5.91 Å². The van der Waals surface area contributed by atoms with Gasteiger partial charge in [-0.1, -0.05) is 24.3 Å². The van der Waals surface area contributed by atoms with E-state index in [1.165, 1.54) is 0 Å². The second-order valence-corrected chi connectivity index (χ2v) is 6.37. The van der Waals surface area contributed by atoms with E-state index in [4.69, 9.17) is 0 Å². The maximum atomic E-state index is 12.3. The molecule has 26 heavy (non-hydrogen) atoms. The van der Waals surface area contributed by atoms with E-state index < -0.39 is 0 Å². The van der Waals surface area contributed by atoms with Crippen LogP contribution in [0.25, 0.3) is 10.9 Å². The van der Waals surface area contributed by atoms with E-state index in [0.29, 0.717) is 17.8 Å². The lowest BCUT2D eigenvalue weighted by molar-refractivity contribution is -0.127. The van der Waals surface area contributed by atoms with Gasteiger partial charge in [-0.05, 0) is 23.8 Å². The fourth-order valence-electron chi connectivity index (χ4n) is 3.54. The largest absolute Gasteiger partial charge is 0.364 e. The first-order valence-corrected chi connectivity index (χ1v) is 8.39. The van der Waals surface area contributed by atoms with Crippen molar-refractivity contribution in [3.63, 3.8) is 0 Å². The summed E-state index contributed by atoms with van der Waals surface area (Å²) in [5, 5.41) is 13.6. The molecule has 128 valence electrons. The number of aromatic nitrogens is 2. The number of fused-ring (bicyclic) bond motifs is 1. The molecule has 1 aromatic carbocycles. The van der Waals surface area contributed by atoms with Crippen molar-refractivity contribution in [3.8, 4) is 6.07 Å². The van der Waals surface area contributed by atoms with Gasteiger partial charge in [0.1, 0.15) is 5.82 Å². The minimum atomic E-state index is -0.142. The molecule has 0 saturated carbocycles. The number of likely N-dealkylation sites (N-methyl/N-ethyl adjacent to an activating group) is 1. The second-order valence-electron chi connectivity index (χ2n) is 6.37. The number of nitriles is 1. The number of para-hydroxylation sites is 1. The van der Waals surface area contributed by atoms with Crippen LogP contribution in [0.1, 0.15) is 23.6 Å². The lowest BCUT2D eigenvalue weighted by Gasteiger charge is -2.26. The van der Waals surface area contributed by atoms with E-state index in [2.05, 4.69) is 21.4 Å². The van der Waals surface area contributed by atoms with Crippen LogP contribution in [0.15, 0.2) is 54.9 Å². The van der Waals surface area contributed by atoms with Crippen LogP contribution in [-0.2, 0) is 4.79 Å². The molecule has 0 spiro atoms. The number of hydrogen-bond donors (Lipinski definition) is 1. The number of carbonyl (C=O) groups is 1. The summed E-state index contributed by atoms with van der Waals surface area (Å²) in [7, 11) is 1.80. The highest BCUT2D eigenvalue weighted by molar-refractivity contribution is 5.86. The number of pyridine rings is 2. The van der Waals surface area contributed by atoms with E-state index in [0.717, 1.165) is 16.5 Å². The number of benzene rings is 1. The third kappa shape index (κ3) is 2.74. The lowest BCUT2D eigenvalue weighted by atomic mass is 10.0. The summed E-state index contributed by atoms with van der Waals surface area (Å²) in [5.74, 6) is 0.667. The van der Waals surface area contributed by atoms with Crippen LogP contribution < -0.4 is 5.32 Å². The van der Waals surface area contributed by atoms with Gasteiger partial charge in [-0.3, -0.25) is 9.78 Å². The minimum absolute atomic E-state index is 0.0673. The van der Waals surface area contributed by atoms with Gasteiger partial charge in [0.15, 0.2) is 0 Å². The van der Waals surface area contributed by atoms with Crippen LogP contribution in [0.5, 0.6) is 0 Å². The molecule has 1 aliphatic heterocycles. The highest BCUT2D eigenvalue weighted by atomic mass is 16.2. The third-order valence-electron chi connectivity index (χ3n) is 4.78. The molecule has 1 fully saturated rings. The zero-order valence-electron chi connectivity index (χ0n) is 14.3. The zero-order valence-corrected chi connectivity index (χ0v) is 14.3. The van der Waals surface area contributed by atoms with Crippen molar-refractivity contribution >= 4 is 22.6 Å². The molecule has 6 nitrogen and oxygen atoms in total. The first-order chi connectivity index (χ1) is 12.7. The molecule has 0 unspecified atom stereocenters. The van der Waals surface area contributed by atoms with Crippen LogP contribution in [0.2, 0.25) is 0 Å². The molecule has 1 saturated heterocycles. The highest BCUT2D eigenvalue weighted by Gasteiger charge is 2.38. The van der Waals surface area contributed by atoms with E-state index in [1.807, 2.05) is 36.4 Å². The predicted molar refractivity (Wildman–Crippen MR) is 98.2 cm³/mol. The quantitative estimate of drug-likeness (QED) is 0.791. The van der Waals surface area contributed by atoms with Gasteiger partial charge in [0, 0.05) is 31.2 Å². The Morgan fingerprint density at radius 1 is 1.27 bits per heavy atom. The van der Waals surface area contributed by atoms with Crippen molar-refractivity contribution in [3.05, 3.63) is 66.0 Å². The molecular formula is C20H17N5O. The van der Waals surface area contributed by atoms with Crippen LogP contribution in [0, 0.1) is 11.3 Å². The van der Waals surface area contributed by atoms with Crippen LogP contribution in [-0.4, -0.2) is 33.9 Å². The first kappa shape index (κ1) is 16.0. The second kappa shape index (κ2) is 6.45. The van der Waals surface area contributed by atoms with Crippen LogP contribution in [0.3, 0.4) is 0 Å². The smallest absolute Gasteiger partial charge is 0.225 e. The standard InChI is InChI=1S/C20H17N5O/c1-25-19(26)10-17(20(25)13-5-4-8-22-12-13)24-18-9-14(11-21)15-6-2-3-7-16(15)23-18/h2-9,12,17,20H,10H2,1H3,(H,23,24)/t17-,20+/m1/s1. The molecule has 2 atom stereocenters. The Labute approximate surface area is 151 Å². The monoisotopic (exact) mass is 343 g/mol. The van der Waals surface area contributed by atoms with Crippen LogP contribution in [0.4, 0.5) is 5.82 Å². The summed E-state index contributed by atoms with van der Waals surface area (Å²) in [6.07, 6.45) is 3.86. The fourth-order valence-corrected chi connectivity index (χ4v) is 3.54. The summed E-state index contributed by atoms with van der Waals surface area (Å²) in [6, 6.07) is 15.1. The maximum Gasteiger partial charge on any atom is 0.225 e. The Bertz CT molecular complexity index is 1010. The molecule has 0 bridgehead atoms. The Morgan fingerprint density at radius 2 is 2.12 bits per heavy atom. The zero-order chi connectivity index (χ0) is 18.1. The molecule has 1 aliphatic rings. The number of nitrogens with zero attached hydrogens (tertiary/aromatic N) is 4.